The van der Waals surface area contributed by atoms with E-state index < -0.39 is 0 Å². The molecule has 0 radical (unpaired) electrons. The first-order valence-corrected chi connectivity index (χ1v) is 10.6. The fraction of sp³-hybridized carbons (Fsp3) is 0.217. The van der Waals surface area contributed by atoms with Crippen LogP contribution in [0.25, 0.3) is 17.1 Å². The van der Waals surface area contributed by atoms with E-state index in [1.165, 1.54) is 0 Å². The molecule has 8 nitrogen and oxygen atoms in total. The molecule has 0 aliphatic rings. The van der Waals surface area contributed by atoms with Crippen molar-refractivity contribution in [2.75, 3.05) is 7.05 Å². The molecule has 2 aromatic heterocycles. The Kier molecular flexibility index (Phi) is 8.45. The Labute approximate surface area is 214 Å². The molecule has 0 saturated carbocycles. The van der Waals surface area contributed by atoms with Gasteiger partial charge in [-0.05, 0) is 55.8 Å². The van der Waals surface area contributed by atoms with Gasteiger partial charge in [0, 0.05) is 29.9 Å². The van der Waals surface area contributed by atoms with Crippen LogP contribution in [0.3, 0.4) is 0 Å². The molecule has 0 aliphatic heterocycles. The predicted octanol–water partition coefficient (Wildman–Crippen LogP) is 4.68. The smallest absolute Gasteiger partial charge is 0.246 e. The van der Waals surface area contributed by atoms with Crippen LogP contribution in [0.2, 0.25) is 5.02 Å². The van der Waals surface area contributed by atoms with E-state index in [2.05, 4.69) is 49.1 Å². The van der Waals surface area contributed by atoms with Crippen molar-refractivity contribution < 1.29 is 4.52 Å². The minimum Gasteiger partial charge on any atom is -0.352 e. The number of guanidine groups is 1. The average Bonchev–Trinajstić information content (AvgIpc) is 3.40. The van der Waals surface area contributed by atoms with Crippen molar-refractivity contribution >= 4 is 41.5 Å². The quantitative estimate of drug-likeness (QED) is 0.197. The van der Waals surface area contributed by atoms with Crippen molar-refractivity contribution in [1.82, 2.24) is 30.6 Å². The summed E-state index contributed by atoms with van der Waals surface area (Å²) in [6, 6.07) is 17.5. The van der Waals surface area contributed by atoms with Gasteiger partial charge in [-0.2, -0.15) is 10.1 Å². The Bertz CT molecular complexity index is 1230. The molecular weight excluding hydrogens is 553 g/mol. The third kappa shape index (κ3) is 6.11. The van der Waals surface area contributed by atoms with Gasteiger partial charge in [0.25, 0.3) is 0 Å². The van der Waals surface area contributed by atoms with E-state index in [9.17, 15) is 0 Å². The van der Waals surface area contributed by atoms with E-state index in [-0.39, 0.29) is 24.0 Å². The Hall–Kier alpha value is -2.92. The number of hydrogen-bond acceptors (Lipinski definition) is 5. The standard InChI is InChI=1S/C23H24ClN7O.HI/c1-15-12-16(2)31(29-15)20-7-5-4-6-18(20)13-26-23(25-3)27-14-21-28-22(30-32-21)17-8-10-19(24)11-9-17;/h4-12H,13-14H2,1-3H3,(H2,25,26,27);1H. The number of rotatable bonds is 6. The summed E-state index contributed by atoms with van der Waals surface area (Å²) in [5.41, 5.74) is 5.05. The SMILES string of the molecule is CN=C(NCc1nc(-c2ccc(Cl)cc2)no1)NCc1ccccc1-n1nc(C)cc1C.I. The molecule has 33 heavy (non-hydrogen) atoms. The highest BCUT2D eigenvalue weighted by Gasteiger charge is 2.11. The molecule has 2 aromatic carbocycles. The normalized spacial score (nSPS) is 11.2. The first-order valence-electron chi connectivity index (χ1n) is 10.2. The van der Waals surface area contributed by atoms with Crippen LogP contribution in [0.4, 0.5) is 0 Å². The predicted molar refractivity (Wildman–Crippen MR) is 140 cm³/mol. The van der Waals surface area contributed by atoms with Crippen molar-refractivity contribution in [2.24, 2.45) is 4.99 Å². The van der Waals surface area contributed by atoms with E-state index in [1.54, 1.807) is 19.2 Å². The van der Waals surface area contributed by atoms with Crippen LogP contribution in [-0.2, 0) is 13.1 Å². The van der Waals surface area contributed by atoms with Crippen LogP contribution < -0.4 is 10.6 Å². The van der Waals surface area contributed by atoms with Crippen LogP contribution in [0.15, 0.2) is 64.1 Å². The maximum Gasteiger partial charge on any atom is 0.246 e. The lowest BCUT2D eigenvalue weighted by atomic mass is 10.1. The summed E-state index contributed by atoms with van der Waals surface area (Å²) in [5.74, 6) is 1.60. The first-order chi connectivity index (χ1) is 15.5. The molecule has 0 aliphatic carbocycles. The molecule has 0 saturated heterocycles. The topological polar surface area (TPSA) is 93.2 Å². The number of nitrogens with zero attached hydrogens (tertiary/aromatic N) is 5. The summed E-state index contributed by atoms with van der Waals surface area (Å²) in [6.07, 6.45) is 0. The lowest BCUT2D eigenvalue weighted by molar-refractivity contribution is 0.375. The van der Waals surface area contributed by atoms with Gasteiger partial charge in [0.1, 0.15) is 0 Å². The van der Waals surface area contributed by atoms with Gasteiger partial charge in [-0.15, -0.1) is 24.0 Å². The molecular formula is C23H25ClIN7O. The van der Waals surface area contributed by atoms with Gasteiger partial charge in [-0.25, -0.2) is 4.68 Å². The number of aryl methyl sites for hydroxylation is 2. The second-order valence-corrected chi connectivity index (χ2v) is 7.70. The maximum absolute atomic E-state index is 5.93. The summed E-state index contributed by atoms with van der Waals surface area (Å²) in [5, 5.41) is 15.8. The molecule has 0 bridgehead atoms. The molecule has 0 atom stereocenters. The molecule has 0 spiro atoms. The monoisotopic (exact) mass is 577 g/mol. The third-order valence-electron chi connectivity index (χ3n) is 4.88. The van der Waals surface area contributed by atoms with E-state index in [0.717, 1.165) is 28.2 Å². The Morgan fingerprint density at radius 2 is 1.79 bits per heavy atom. The largest absolute Gasteiger partial charge is 0.352 e. The molecule has 0 unspecified atom stereocenters. The summed E-state index contributed by atoms with van der Waals surface area (Å²) in [7, 11) is 1.72. The Morgan fingerprint density at radius 1 is 1.06 bits per heavy atom. The fourth-order valence-electron chi connectivity index (χ4n) is 3.34. The molecule has 2 N–H and O–H groups in total. The number of nitrogens with one attached hydrogen (secondary N) is 2. The van der Waals surface area contributed by atoms with Crippen LogP contribution in [0.5, 0.6) is 0 Å². The van der Waals surface area contributed by atoms with Crippen molar-refractivity contribution in [3.8, 4) is 17.1 Å². The summed E-state index contributed by atoms with van der Waals surface area (Å²) < 4.78 is 7.31. The third-order valence-corrected chi connectivity index (χ3v) is 5.13. The summed E-state index contributed by atoms with van der Waals surface area (Å²) in [4.78, 5) is 8.71. The molecule has 4 rings (SSSR count). The number of benzene rings is 2. The van der Waals surface area contributed by atoms with E-state index >= 15 is 0 Å². The number of halogens is 2. The van der Waals surface area contributed by atoms with Crippen molar-refractivity contribution in [1.29, 1.82) is 0 Å². The van der Waals surface area contributed by atoms with Crippen LogP contribution in [0, 0.1) is 13.8 Å². The lowest BCUT2D eigenvalue weighted by Gasteiger charge is -2.14. The number of hydrogen-bond donors (Lipinski definition) is 2. The second kappa shape index (κ2) is 11.3. The molecule has 2 heterocycles. The molecule has 0 fully saturated rings. The van der Waals surface area contributed by atoms with Crippen LogP contribution in [0.1, 0.15) is 22.8 Å². The van der Waals surface area contributed by atoms with Gasteiger partial charge in [-0.1, -0.05) is 35.0 Å². The number of aromatic nitrogens is 4. The zero-order chi connectivity index (χ0) is 22.5. The molecule has 0 amide bonds. The van der Waals surface area contributed by atoms with Gasteiger partial charge in [0.15, 0.2) is 5.96 Å². The minimum atomic E-state index is 0. The van der Waals surface area contributed by atoms with Gasteiger partial charge < -0.3 is 15.2 Å². The van der Waals surface area contributed by atoms with Crippen molar-refractivity contribution in [3.63, 3.8) is 0 Å². The van der Waals surface area contributed by atoms with Gasteiger partial charge in [0.2, 0.25) is 11.7 Å². The zero-order valence-corrected chi connectivity index (χ0v) is 21.6. The zero-order valence-electron chi connectivity index (χ0n) is 18.5. The van der Waals surface area contributed by atoms with Gasteiger partial charge >= 0.3 is 0 Å². The van der Waals surface area contributed by atoms with Gasteiger partial charge in [-0.3, -0.25) is 4.99 Å². The highest BCUT2D eigenvalue weighted by Crippen LogP contribution is 2.19. The van der Waals surface area contributed by atoms with E-state index in [0.29, 0.717) is 35.8 Å². The number of para-hydroxylation sites is 1. The van der Waals surface area contributed by atoms with Crippen molar-refractivity contribution in [2.45, 2.75) is 26.9 Å². The summed E-state index contributed by atoms with van der Waals surface area (Å²) in [6.45, 7) is 4.97. The molecule has 4 aromatic rings. The second-order valence-electron chi connectivity index (χ2n) is 7.27. The number of aliphatic imine (C=N–C) groups is 1. The molecule has 172 valence electrons. The van der Waals surface area contributed by atoms with Crippen LogP contribution >= 0.6 is 35.6 Å². The van der Waals surface area contributed by atoms with E-state index in [4.69, 9.17) is 16.1 Å². The summed E-state index contributed by atoms with van der Waals surface area (Å²) >= 11 is 5.93. The first kappa shape index (κ1) is 24.7. The Morgan fingerprint density at radius 3 is 2.48 bits per heavy atom. The highest BCUT2D eigenvalue weighted by molar-refractivity contribution is 14.0. The van der Waals surface area contributed by atoms with Gasteiger partial charge in [0.05, 0.1) is 17.9 Å². The minimum absolute atomic E-state index is 0. The van der Waals surface area contributed by atoms with E-state index in [1.807, 2.05) is 42.8 Å². The Balaban J connectivity index is 0.00000306. The average molecular weight is 578 g/mol. The fourth-order valence-corrected chi connectivity index (χ4v) is 3.47. The lowest BCUT2D eigenvalue weighted by Crippen LogP contribution is -2.36. The van der Waals surface area contributed by atoms with Crippen molar-refractivity contribution in [3.05, 3.63) is 82.5 Å². The highest BCUT2D eigenvalue weighted by atomic mass is 127. The van der Waals surface area contributed by atoms with Crippen LogP contribution in [-0.4, -0.2) is 32.9 Å². The molecule has 10 heteroatoms. The maximum atomic E-state index is 5.93.